The number of carbonyl (C=O) groups is 1. The number of primary sulfonamides is 1. The Kier molecular flexibility index (Phi) is 4.19. The molecule has 6 nitrogen and oxygen atoms in total. The fourth-order valence-electron chi connectivity index (χ4n) is 2.41. The van der Waals surface area contributed by atoms with Crippen LogP contribution in [0.25, 0.3) is 0 Å². The van der Waals surface area contributed by atoms with E-state index in [1.807, 2.05) is 0 Å². The summed E-state index contributed by atoms with van der Waals surface area (Å²) in [5.74, 6) is -0.00536. The first-order valence-electron chi connectivity index (χ1n) is 6.61. The number of rotatable bonds is 3. The number of esters is 1. The molecule has 0 atom stereocenters. The van der Waals surface area contributed by atoms with Crippen LogP contribution in [0.1, 0.15) is 48.9 Å². The lowest BCUT2D eigenvalue weighted by atomic mass is 9.89. The van der Waals surface area contributed by atoms with Gasteiger partial charge in [0.15, 0.2) is 0 Å². The lowest BCUT2D eigenvalue weighted by Crippen LogP contribution is -2.23. The molecule has 2 rings (SSSR count). The first-order valence-corrected chi connectivity index (χ1v) is 8.16. The van der Waals surface area contributed by atoms with Crippen molar-refractivity contribution < 1.29 is 22.4 Å². The molecule has 1 aromatic heterocycles. The van der Waals surface area contributed by atoms with E-state index in [-0.39, 0.29) is 22.5 Å². The van der Waals surface area contributed by atoms with Gasteiger partial charge in [-0.05, 0) is 38.5 Å². The van der Waals surface area contributed by atoms with Crippen molar-refractivity contribution in [3.05, 3.63) is 17.6 Å². The molecular weight excluding hydrogens is 282 g/mol. The first kappa shape index (κ1) is 15.1. The van der Waals surface area contributed by atoms with E-state index in [9.17, 15) is 13.2 Å². The van der Waals surface area contributed by atoms with Crippen molar-refractivity contribution >= 4 is 16.0 Å². The van der Waals surface area contributed by atoms with E-state index in [4.69, 9.17) is 14.3 Å². The summed E-state index contributed by atoms with van der Waals surface area (Å²) in [6.45, 7) is 3.62. The number of nitrogens with two attached hydrogens (primary N) is 1. The number of hydrogen-bond acceptors (Lipinski definition) is 5. The quantitative estimate of drug-likeness (QED) is 0.860. The van der Waals surface area contributed by atoms with Crippen molar-refractivity contribution in [3.63, 3.8) is 0 Å². The van der Waals surface area contributed by atoms with Crippen LogP contribution in [0.15, 0.2) is 15.4 Å². The lowest BCUT2D eigenvalue weighted by molar-refractivity contribution is 0.0139. The van der Waals surface area contributed by atoms with E-state index >= 15 is 0 Å². The van der Waals surface area contributed by atoms with Crippen LogP contribution in [0.3, 0.4) is 0 Å². The summed E-state index contributed by atoms with van der Waals surface area (Å²) >= 11 is 0. The van der Waals surface area contributed by atoms with Crippen LogP contribution in [0.2, 0.25) is 0 Å². The van der Waals surface area contributed by atoms with Gasteiger partial charge in [-0.25, -0.2) is 18.4 Å². The molecule has 1 aromatic rings. The Morgan fingerprint density at radius 2 is 1.95 bits per heavy atom. The minimum atomic E-state index is -3.89. The predicted molar refractivity (Wildman–Crippen MR) is 71.7 cm³/mol. The Balaban J connectivity index is 2.07. The van der Waals surface area contributed by atoms with Crippen molar-refractivity contribution in [1.82, 2.24) is 0 Å². The van der Waals surface area contributed by atoms with Gasteiger partial charge in [0.05, 0.1) is 0 Å². The second kappa shape index (κ2) is 5.57. The SMILES string of the molecule is Cc1oc(C(=O)OC2CCC(C)CC2)cc1S(N)(=O)=O. The second-order valence-electron chi connectivity index (χ2n) is 5.36. The first-order chi connectivity index (χ1) is 9.27. The molecule has 0 aromatic carbocycles. The van der Waals surface area contributed by atoms with Gasteiger partial charge in [0.2, 0.25) is 15.8 Å². The summed E-state index contributed by atoms with van der Waals surface area (Å²) in [4.78, 5) is 11.8. The second-order valence-corrected chi connectivity index (χ2v) is 6.89. The van der Waals surface area contributed by atoms with Crippen molar-refractivity contribution in [2.75, 3.05) is 0 Å². The third-order valence-corrected chi connectivity index (χ3v) is 4.63. The molecule has 1 saturated carbocycles. The van der Waals surface area contributed by atoms with Gasteiger partial charge in [-0.3, -0.25) is 0 Å². The van der Waals surface area contributed by atoms with Crippen LogP contribution >= 0.6 is 0 Å². The van der Waals surface area contributed by atoms with Crippen LogP contribution < -0.4 is 5.14 Å². The predicted octanol–water partition coefficient (Wildman–Crippen LogP) is 1.97. The van der Waals surface area contributed by atoms with Gasteiger partial charge >= 0.3 is 5.97 Å². The molecule has 1 aliphatic rings. The van der Waals surface area contributed by atoms with Crippen LogP contribution in [-0.4, -0.2) is 20.5 Å². The molecule has 0 aliphatic heterocycles. The number of aryl methyl sites for hydroxylation is 1. The normalized spacial score (nSPS) is 23.6. The molecule has 0 radical (unpaired) electrons. The van der Waals surface area contributed by atoms with E-state index in [0.29, 0.717) is 5.92 Å². The average molecular weight is 301 g/mol. The number of ether oxygens (including phenoxy) is 1. The molecule has 0 unspecified atom stereocenters. The maximum atomic E-state index is 11.9. The zero-order valence-electron chi connectivity index (χ0n) is 11.6. The van der Waals surface area contributed by atoms with E-state index < -0.39 is 16.0 Å². The molecule has 112 valence electrons. The Bertz CT molecular complexity index is 596. The van der Waals surface area contributed by atoms with Crippen molar-refractivity contribution in [3.8, 4) is 0 Å². The van der Waals surface area contributed by atoms with Crippen molar-refractivity contribution in [2.24, 2.45) is 11.1 Å². The Hall–Kier alpha value is -1.34. The molecule has 0 spiro atoms. The van der Waals surface area contributed by atoms with Crippen LogP contribution in [0.4, 0.5) is 0 Å². The fourth-order valence-corrected chi connectivity index (χ4v) is 3.12. The van der Waals surface area contributed by atoms with Gasteiger partial charge < -0.3 is 9.15 Å². The maximum absolute atomic E-state index is 11.9. The largest absolute Gasteiger partial charge is 0.457 e. The minimum Gasteiger partial charge on any atom is -0.457 e. The standard InChI is InChI=1S/C13H19NO5S/c1-8-3-5-10(6-4-8)19-13(15)11-7-12(9(2)18-11)20(14,16)17/h7-8,10H,3-6H2,1-2H3,(H2,14,16,17). The number of hydrogen-bond donors (Lipinski definition) is 1. The highest BCUT2D eigenvalue weighted by Gasteiger charge is 2.26. The summed E-state index contributed by atoms with van der Waals surface area (Å²) in [6.07, 6.45) is 3.58. The minimum absolute atomic E-state index is 0.0942. The number of furan rings is 1. The number of carbonyl (C=O) groups excluding carboxylic acids is 1. The molecule has 1 aliphatic carbocycles. The summed E-state index contributed by atoms with van der Waals surface area (Å²) < 4.78 is 33.0. The Morgan fingerprint density at radius 3 is 2.45 bits per heavy atom. The Labute approximate surface area is 118 Å². The van der Waals surface area contributed by atoms with E-state index in [2.05, 4.69) is 6.92 Å². The van der Waals surface area contributed by atoms with E-state index in [1.54, 1.807) is 0 Å². The van der Waals surface area contributed by atoms with Gasteiger partial charge in [-0.1, -0.05) is 6.92 Å². The monoisotopic (exact) mass is 301 g/mol. The van der Waals surface area contributed by atoms with Gasteiger partial charge in [-0.2, -0.15) is 0 Å². The summed E-state index contributed by atoms with van der Waals surface area (Å²) in [7, 11) is -3.89. The highest BCUT2D eigenvalue weighted by atomic mass is 32.2. The van der Waals surface area contributed by atoms with Crippen molar-refractivity contribution in [2.45, 2.75) is 50.5 Å². The molecule has 1 heterocycles. The van der Waals surface area contributed by atoms with E-state index in [1.165, 1.54) is 6.92 Å². The highest BCUT2D eigenvalue weighted by Crippen LogP contribution is 2.27. The molecule has 0 amide bonds. The zero-order valence-corrected chi connectivity index (χ0v) is 12.4. The Morgan fingerprint density at radius 1 is 1.35 bits per heavy atom. The molecular formula is C13H19NO5S. The molecule has 1 fully saturated rings. The molecule has 7 heteroatoms. The molecule has 20 heavy (non-hydrogen) atoms. The molecule has 0 saturated heterocycles. The highest BCUT2D eigenvalue weighted by molar-refractivity contribution is 7.89. The van der Waals surface area contributed by atoms with Crippen LogP contribution in [0, 0.1) is 12.8 Å². The lowest BCUT2D eigenvalue weighted by Gasteiger charge is -2.25. The van der Waals surface area contributed by atoms with Crippen molar-refractivity contribution in [1.29, 1.82) is 0 Å². The summed E-state index contributed by atoms with van der Waals surface area (Å²) in [5, 5.41) is 5.03. The third-order valence-electron chi connectivity index (χ3n) is 3.62. The van der Waals surface area contributed by atoms with Crippen LogP contribution in [0.5, 0.6) is 0 Å². The summed E-state index contributed by atoms with van der Waals surface area (Å²) in [5.41, 5.74) is 0. The smallest absolute Gasteiger partial charge is 0.374 e. The molecule has 0 bridgehead atoms. The van der Waals surface area contributed by atoms with Gasteiger partial charge in [0.1, 0.15) is 16.8 Å². The fraction of sp³-hybridized carbons (Fsp3) is 0.615. The number of sulfonamides is 1. The third kappa shape index (κ3) is 3.40. The van der Waals surface area contributed by atoms with E-state index in [0.717, 1.165) is 31.7 Å². The topological polar surface area (TPSA) is 99.6 Å². The van der Waals surface area contributed by atoms with Crippen LogP contribution in [-0.2, 0) is 14.8 Å². The summed E-state index contributed by atoms with van der Waals surface area (Å²) in [6, 6.07) is 1.12. The average Bonchev–Trinajstić information content (AvgIpc) is 2.74. The zero-order chi connectivity index (χ0) is 14.9. The van der Waals surface area contributed by atoms with Gasteiger partial charge in [0, 0.05) is 6.07 Å². The van der Waals surface area contributed by atoms with Gasteiger partial charge in [0.25, 0.3) is 0 Å². The maximum Gasteiger partial charge on any atom is 0.374 e. The molecule has 2 N–H and O–H groups in total. The van der Waals surface area contributed by atoms with Gasteiger partial charge in [-0.15, -0.1) is 0 Å².